The number of hydrogen-bond donors (Lipinski definition) is 2. The predicted molar refractivity (Wildman–Crippen MR) is 66.0 cm³/mol. The Hall–Kier alpha value is -1.60. The number of oxazole rings is 1. The number of aryl methyl sites for hydroxylation is 1. The van der Waals surface area contributed by atoms with Crippen molar-refractivity contribution < 1.29 is 23.8 Å². The first-order valence-corrected chi connectivity index (χ1v) is 6.30. The molecule has 1 saturated heterocycles. The van der Waals surface area contributed by atoms with Gasteiger partial charge in [0, 0.05) is 12.8 Å². The Labute approximate surface area is 110 Å². The Balaban J connectivity index is 1.68. The summed E-state index contributed by atoms with van der Waals surface area (Å²) in [5.74, 6) is 0.297. The molecule has 0 aliphatic carbocycles. The minimum Gasteiger partial charge on any atom is -0.465 e. The average Bonchev–Trinajstić information content (AvgIpc) is 2.94. The van der Waals surface area contributed by atoms with Crippen molar-refractivity contribution >= 4 is 11.9 Å². The Morgan fingerprint density at radius 1 is 1.47 bits per heavy atom. The number of unbranched alkanes of at least 4 members (excludes halogenated alkanes) is 1. The Bertz CT molecular complexity index is 426. The van der Waals surface area contributed by atoms with E-state index in [2.05, 4.69) is 10.3 Å². The fraction of sp³-hybridized carbons (Fsp3) is 0.667. The van der Waals surface area contributed by atoms with Gasteiger partial charge in [0.05, 0.1) is 13.2 Å². The lowest BCUT2D eigenvalue weighted by atomic mass is 10.1. The molecule has 2 N–H and O–H groups in total. The molecule has 19 heavy (non-hydrogen) atoms. The molecule has 1 aromatic heterocycles. The highest BCUT2D eigenvalue weighted by Gasteiger charge is 2.29. The molecule has 0 radical (unpaired) electrons. The fourth-order valence-corrected chi connectivity index (χ4v) is 2.02. The molecule has 0 unspecified atom stereocenters. The lowest BCUT2D eigenvalue weighted by molar-refractivity contribution is -0.147. The molecule has 1 aliphatic rings. The number of carboxylic acid groups (broad SMARTS) is 1. The standard InChI is InChI=1S/C12H18N2O5/c1-12(18-6-7-19-12)5-3-2-4-10-13-9(8-17-10)14-11(15)16/h8,14H,2-7H2,1H3,(H,15,16). The van der Waals surface area contributed by atoms with Crippen LogP contribution in [0.25, 0.3) is 0 Å². The Morgan fingerprint density at radius 3 is 2.89 bits per heavy atom. The number of ether oxygens (including phenoxy) is 2. The molecule has 2 heterocycles. The van der Waals surface area contributed by atoms with Gasteiger partial charge in [-0.05, 0) is 19.8 Å². The van der Waals surface area contributed by atoms with Gasteiger partial charge in [-0.3, -0.25) is 5.32 Å². The number of aromatic nitrogens is 1. The van der Waals surface area contributed by atoms with E-state index >= 15 is 0 Å². The van der Waals surface area contributed by atoms with E-state index in [0.717, 1.165) is 19.3 Å². The van der Waals surface area contributed by atoms with Crippen molar-refractivity contribution in [2.75, 3.05) is 18.5 Å². The molecule has 0 bridgehead atoms. The van der Waals surface area contributed by atoms with Crippen LogP contribution < -0.4 is 5.32 Å². The number of rotatable bonds is 6. The average molecular weight is 270 g/mol. The summed E-state index contributed by atoms with van der Waals surface area (Å²) in [4.78, 5) is 14.4. The third-order valence-corrected chi connectivity index (χ3v) is 2.96. The van der Waals surface area contributed by atoms with Gasteiger partial charge in [-0.1, -0.05) is 0 Å². The summed E-state index contributed by atoms with van der Waals surface area (Å²) in [6.07, 6.45) is 3.46. The number of anilines is 1. The maximum absolute atomic E-state index is 10.4. The van der Waals surface area contributed by atoms with Gasteiger partial charge >= 0.3 is 6.09 Å². The van der Waals surface area contributed by atoms with Crippen LogP contribution in [0, 0.1) is 0 Å². The second-order valence-corrected chi connectivity index (χ2v) is 4.59. The lowest BCUT2D eigenvalue weighted by Crippen LogP contribution is -2.25. The third kappa shape index (κ3) is 4.22. The molecule has 1 aromatic rings. The third-order valence-electron chi connectivity index (χ3n) is 2.96. The molecular weight excluding hydrogens is 252 g/mol. The zero-order valence-electron chi connectivity index (χ0n) is 10.8. The number of amides is 1. The SMILES string of the molecule is CC1(CCCCc2nc(NC(=O)O)co2)OCCO1. The first-order valence-electron chi connectivity index (χ1n) is 6.30. The van der Waals surface area contributed by atoms with Gasteiger partial charge in [0.25, 0.3) is 0 Å². The minimum atomic E-state index is -1.15. The number of hydrogen-bond acceptors (Lipinski definition) is 5. The summed E-state index contributed by atoms with van der Waals surface area (Å²) in [6.45, 7) is 3.25. The molecule has 2 rings (SSSR count). The van der Waals surface area contributed by atoms with E-state index in [4.69, 9.17) is 19.0 Å². The monoisotopic (exact) mass is 270 g/mol. The maximum atomic E-state index is 10.4. The summed E-state index contributed by atoms with van der Waals surface area (Å²) >= 11 is 0. The van der Waals surface area contributed by atoms with Crippen LogP contribution in [-0.4, -0.2) is 35.2 Å². The molecule has 0 spiro atoms. The number of nitrogens with zero attached hydrogens (tertiary/aromatic N) is 1. The van der Waals surface area contributed by atoms with Crippen molar-refractivity contribution in [1.82, 2.24) is 4.98 Å². The minimum absolute atomic E-state index is 0.219. The second-order valence-electron chi connectivity index (χ2n) is 4.59. The van der Waals surface area contributed by atoms with Crippen molar-refractivity contribution in [2.45, 2.75) is 38.4 Å². The van der Waals surface area contributed by atoms with E-state index in [-0.39, 0.29) is 5.82 Å². The van der Waals surface area contributed by atoms with E-state index in [1.54, 1.807) is 0 Å². The Kier molecular flexibility index (Phi) is 4.39. The van der Waals surface area contributed by atoms with Crippen molar-refractivity contribution in [3.63, 3.8) is 0 Å². The quantitative estimate of drug-likeness (QED) is 0.770. The van der Waals surface area contributed by atoms with Crippen LogP contribution in [0.3, 0.4) is 0 Å². The molecule has 1 aliphatic heterocycles. The first-order chi connectivity index (χ1) is 9.07. The van der Waals surface area contributed by atoms with E-state index in [9.17, 15) is 4.79 Å². The second kappa shape index (κ2) is 6.03. The zero-order chi connectivity index (χ0) is 13.7. The highest BCUT2D eigenvalue weighted by molar-refractivity contribution is 5.81. The van der Waals surface area contributed by atoms with Crippen LogP contribution in [0.5, 0.6) is 0 Å². The van der Waals surface area contributed by atoms with Gasteiger partial charge in [0.15, 0.2) is 17.5 Å². The molecule has 0 atom stereocenters. The lowest BCUT2D eigenvalue weighted by Gasteiger charge is -2.21. The highest BCUT2D eigenvalue weighted by Crippen LogP contribution is 2.25. The molecule has 1 fully saturated rings. The molecule has 106 valence electrons. The van der Waals surface area contributed by atoms with Crippen molar-refractivity contribution in [1.29, 1.82) is 0 Å². The van der Waals surface area contributed by atoms with Gasteiger partial charge in [0.1, 0.15) is 6.26 Å². The van der Waals surface area contributed by atoms with E-state index in [1.807, 2.05) is 6.92 Å². The van der Waals surface area contributed by atoms with Crippen LogP contribution in [0.1, 0.15) is 32.1 Å². The summed E-state index contributed by atoms with van der Waals surface area (Å²) in [7, 11) is 0. The van der Waals surface area contributed by atoms with Crippen LogP contribution in [0.15, 0.2) is 10.7 Å². The van der Waals surface area contributed by atoms with E-state index in [0.29, 0.717) is 25.5 Å². The maximum Gasteiger partial charge on any atom is 0.410 e. The van der Waals surface area contributed by atoms with Crippen LogP contribution >= 0.6 is 0 Å². The molecule has 0 aromatic carbocycles. The summed E-state index contributed by atoms with van der Waals surface area (Å²) < 4.78 is 16.2. The first kappa shape index (κ1) is 13.8. The van der Waals surface area contributed by atoms with Gasteiger partial charge in [0.2, 0.25) is 0 Å². The topological polar surface area (TPSA) is 93.8 Å². The number of carbonyl (C=O) groups is 1. The molecular formula is C12H18N2O5. The van der Waals surface area contributed by atoms with Crippen molar-refractivity contribution in [3.05, 3.63) is 12.2 Å². The van der Waals surface area contributed by atoms with Gasteiger partial charge in [-0.15, -0.1) is 0 Å². The van der Waals surface area contributed by atoms with E-state index < -0.39 is 11.9 Å². The fourth-order valence-electron chi connectivity index (χ4n) is 2.02. The van der Waals surface area contributed by atoms with Crippen LogP contribution in [-0.2, 0) is 15.9 Å². The molecule has 7 heteroatoms. The van der Waals surface area contributed by atoms with Gasteiger partial charge < -0.3 is 19.0 Å². The predicted octanol–water partition coefficient (Wildman–Crippen LogP) is 2.24. The molecule has 0 saturated carbocycles. The highest BCUT2D eigenvalue weighted by atomic mass is 16.7. The van der Waals surface area contributed by atoms with Gasteiger partial charge in [-0.25, -0.2) is 4.79 Å². The number of nitrogens with one attached hydrogen (secondary N) is 1. The normalized spacial score (nSPS) is 17.5. The summed E-state index contributed by atoms with van der Waals surface area (Å²) in [5.41, 5.74) is 0. The largest absolute Gasteiger partial charge is 0.465 e. The summed E-state index contributed by atoms with van der Waals surface area (Å²) in [6, 6.07) is 0. The zero-order valence-corrected chi connectivity index (χ0v) is 10.8. The molecule has 1 amide bonds. The van der Waals surface area contributed by atoms with Crippen molar-refractivity contribution in [3.8, 4) is 0 Å². The Morgan fingerprint density at radius 2 is 2.21 bits per heavy atom. The van der Waals surface area contributed by atoms with Gasteiger partial charge in [-0.2, -0.15) is 4.98 Å². The van der Waals surface area contributed by atoms with Crippen LogP contribution in [0.4, 0.5) is 10.6 Å². The smallest absolute Gasteiger partial charge is 0.410 e. The van der Waals surface area contributed by atoms with Crippen molar-refractivity contribution in [2.24, 2.45) is 0 Å². The van der Waals surface area contributed by atoms with E-state index in [1.165, 1.54) is 6.26 Å². The molecule has 7 nitrogen and oxygen atoms in total. The summed E-state index contributed by atoms with van der Waals surface area (Å²) in [5, 5.41) is 10.7. The van der Waals surface area contributed by atoms with Crippen LogP contribution in [0.2, 0.25) is 0 Å².